The predicted molar refractivity (Wildman–Crippen MR) is 80.9 cm³/mol. The number of fused-ring (bicyclic) bond motifs is 1. The highest BCUT2D eigenvalue weighted by molar-refractivity contribution is 5.31. The van der Waals surface area contributed by atoms with Gasteiger partial charge in [-0.25, -0.2) is 0 Å². The normalized spacial score (nSPS) is 16.8. The second-order valence-corrected chi connectivity index (χ2v) is 5.91. The van der Waals surface area contributed by atoms with Crippen LogP contribution in [0.2, 0.25) is 0 Å². The van der Waals surface area contributed by atoms with Gasteiger partial charge in [-0.05, 0) is 37.5 Å². The summed E-state index contributed by atoms with van der Waals surface area (Å²) in [6.07, 6.45) is -0.458. The Morgan fingerprint density at radius 3 is 2.71 bits per heavy atom. The highest BCUT2D eigenvalue weighted by atomic mass is 16.3. The van der Waals surface area contributed by atoms with E-state index in [1.54, 1.807) is 0 Å². The van der Waals surface area contributed by atoms with Crippen LogP contribution in [0.1, 0.15) is 34.4 Å². The Hall–Kier alpha value is -1.72. The van der Waals surface area contributed by atoms with E-state index in [0.29, 0.717) is 6.54 Å². The molecule has 1 aromatic heterocycles. The molecule has 5 nitrogen and oxygen atoms in total. The van der Waals surface area contributed by atoms with Crippen LogP contribution in [0.25, 0.3) is 0 Å². The standard InChI is InChI=1S/C16H22N4O/c1-11-4-5-14(8-12(11)2)15(21)9-19-6-7-20-13(3)17-18-16(20)10-19/h4-5,8,15,21H,6-7,9-10H2,1-3H3. The highest BCUT2D eigenvalue weighted by Gasteiger charge is 2.22. The number of benzene rings is 1. The molecule has 1 N–H and O–H groups in total. The van der Waals surface area contributed by atoms with Crippen LogP contribution in [0.5, 0.6) is 0 Å². The van der Waals surface area contributed by atoms with Gasteiger partial charge >= 0.3 is 0 Å². The third-order valence-electron chi connectivity index (χ3n) is 4.36. The summed E-state index contributed by atoms with van der Waals surface area (Å²) in [5.41, 5.74) is 3.47. The molecule has 21 heavy (non-hydrogen) atoms. The Morgan fingerprint density at radius 2 is 1.95 bits per heavy atom. The van der Waals surface area contributed by atoms with Gasteiger partial charge in [0.25, 0.3) is 0 Å². The molecule has 0 spiro atoms. The van der Waals surface area contributed by atoms with Gasteiger partial charge in [0.15, 0.2) is 0 Å². The molecule has 2 heterocycles. The molecule has 5 heteroatoms. The minimum atomic E-state index is -0.458. The molecule has 0 fully saturated rings. The van der Waals surface area contributed by atoms with E-state index in [2.05, 4.69) is 45.6 Å². The van der Waals surface area contributed by atoms with E-state index in [-0.39, 0.29) is 0 Å². The minimum Gasteiger partial charge on any atom is -0.387 e. The van der Waals surface area contributed by atoms with Crippen molar-refractivity contribution in [1.29, 1.82) is 0 Å². The molecule has 0 saturated carbocycles. The van der Waals surface area contributed by atoms with E-state index in [4.69, 9.17) is 0 Å². The van der Waals surface area contributed by atoms with Crippen LogP contribution < -0.4 is 0 Å². The number of rotatable bonds is 3. The van der Waals surface area contributed by atoms with Gasteiger partial charge in [-0.1, -0.05) is 18.2 Å². The van der Waals surface area contributed by atoms with Crippen molar-refractivity contribution in [2.75, 3.05) is 13.1 Å². The average Bonchev–Trinajstić information content (AvgIpc) is 2.83. The zero-order chi connectivity index (χ0) is 15.0. The molecule has 1 atom stereocenters. The summed E-state index contributed by atoms with van der Waals surface area (Å²) in [6.45, 7) is 9.36. The number of aliphatic hydroxyl groups excluding tert-OH is 1. The van der Waals surface area contributed by atoms with Crippen molar-refractivity contribution < 1.29 is 5.11 Å². The Bertz CT molecular complexity index is 650. The lowest BCUT2D eigenvalue weighted by molar-refractivity contribution is 0.0959. The largest absolute Gasteiger partial charge is 0.387 e. The summed E-state index contributed by atoms with van der Waals surface area (Å²) in [7, 11) is 0. The number of nitrogens with zero attached hydrogens (tertiary/aromatic N) is 4. The average molecular weight is 286 g/mol. The van der Waals surface area contributed by atoms with E-state index in [1.807, 2.05) is 13.0 Å². The fourth-order valence-corrected chi connectivity index (χ4v) is 2.83. The Balaban J connectivity index is 1.68. The van der Waals surface area contributed by atoms with Crippen LogP contribution in [0.4, 0.5) is 0 Å². The fourth-order valence-electron chi connectivity index (χ4n) is 2.83. The summed E-state index contributed by atoms with van der Waals surface area (Å²) in [5.74, 6) is 1.96. The number of hydrogen-bond donors (Lipinski definition) is 1. The molecule has 1 aliphatic heterocycles. The van der Waals surface area contributed by atoms with Crippen LogP contribution >= 0.6 is 0 Å². The van der Waals surface area contributed by atoms with Gasteiger partial charge in [-0.2, -0.15) is 0 Å². The predicted octanol–water partition coefficient (Wildman–Crippen LogP) is 1.75. The first-order valence-electron chi connectivity index (χ1n) is 7.41. The summed E-state index contributed by atoms with van der Waals surface area (Å²) in [6, 6.07) is 6.17. The number of hydrogen-bond acceptors (Lipinski definition) is 4. The second-order valence-electron chi connectivity index (χ2n) is 5.91. The molecule has 0 radical (unpaired) electrons. The number of aryl methyl sites for hydroxylation is 3. The van der Waals surface area contributed by atoms with E-state index in [1.165, 1.54) is 11.1 Å². The first-order valence-corrected chi connectivity index (χ1v) is 7.41. The molecule has 2 aromatic rings. The van der Waals surface area contributed by atoms with Crippen LogP contribution in [-0.2, 0) is 13.1 Å². The second kappa shape index (κ2) is 5.58. The topological polar surface area (TPSA) is 54.2 Å². The minimum absolute atomic E-state index is 0.458. The molecule has 112 valence electrons. The van der Waals surface area contributed by atoms with Crippen LogP contribution in [-0.4, -0.2) is 37.9 Å². The van der Waals surface area contributed by atoms with Gasteiger partial charge in [-0.15, -0.1) is 10.2 Å². The maximum Gasteiger partial charge on any atom is 0.147 e. The van der Waals surface area contributed by atoms with Crippen molar-refractivity contribution in [2.24, 2.45) is 0 Å². The summed E-state index contributed by atoms with van der Waals surface area (Å²) >= 11 is 0. The van der Waals surface area contributed by atoms with E-state index < -0.39 is 6.10 Å². The van der Waals surface area contributed by atoms with Crippen LogP contribution in [0, 0.1) is 20.8 Å². The number of aliphatic hydroxyl groups is 1. The molecule has 0 bridgehead atoms. The molecular weight excluding hydrogens is 264 g/mol. The van der Waals surface area contributed by atoms with Gasteiger partial charge in [0, 0.05) is 19.6 Å². The van der Waals surface area contributed by atoms with E-state index in [9.17, 15) is 5.11 Å². The van der Waals surface area contributed by atoms with E-state index in [0.717, 1.165) is 36.8 Å². The molecule has 1 unspecified atom stereocenters. The van der Waals surface area contributed by atoms with Crippen molar-refractivity contribution in [3.8, 4) is 0 Å². The molecule has 0 saturated heterocycles. The van der Waals surface area contributed by atoms with Gasteiger partial charge in [0.05, 0.1) is 12.6 Å². The third-order valence-corrected chi connectivity index (χ3v) is 4.36. The third kappa shape index (κ3) is 2.84. The van der Waals surface area contributed by atoms with Crippen molar-refractivity contribution in [1.82, 2.24) is 19.7 Å². The van der Waals surface area contributed by atoms with Crippen LogP contribution in [0.3, 0.4) is 0 Å². The van der Waals surface area contributed by atoms with Crippen molar-refractivity contribution in [2.45, 2.75) is 40.0 Å². The fraction of sp³-hybridized carbons (Fsp3) is 0.500. The van der Waals surface area contributed by atoms with Crippen molar-refractivity contribution in [3.63, 3.8) is 0 Å². The van der Waals surface area contributed by atoms with Crippen molar-refractivity contribution >= 4 is 0 Å². The molecule has 0 aliphatic carbocycles. The molecule has 3 rings (SSSR count). The molecule has 0 amide bonds. The number of aromatic nitrogens is 3. The maximum absolute atomic E-state index is 10.5. The maximum atomic E-state index is 10.5. The van der Waals surface area contributed by atoms with Gasteiger partial charge in [0.2, 0.25) is 0 Å². The SMILES string of the molecule is Cc1ccc(C(O)CN2CCn3c(C)nnc3C2)cc1C. The summed E-state index contributed by atoms with van der Waals surface area (Å²) in [5, 5.41) is 18.8. The zero-order valence-electron chi connectivity index (χ0n) is 12.9. The molecular formula is C16H22N4O. The lowest BCUT2D eigenvalue weighted by atomic mass is 10.0. The Morgan fingerprint density at radius 1 is 1.14 bits per heavy atom. The Kier molecular flexibility index (Phi) is 3.78. The lowest BCUT2D eigenvalue weighted by Crippen LogP contribution is -2.36. The smallest absolute Gasteiger partial charge is 0.147 e. The van der Waals surface area contributed by atoms with Crippen LogP contribution in [0.15, 0.2) is 18.2 Å². The Labute approximate surface area is 125 Å². The number of β-amino-alcohol motifs (C(OH)–C–C–N with tert-alkyl or cyclic N) is 1. The van der Waals surface area contributed by atoms with Gasteiger partial charge in [-0.3, -0.25) is 4.90 Å². The summed E-state index contributed by atoms with van der Waals surface area (Å²) < 4.78 is 2.15. The van der Waals surface area contributed by atoms with E-state index >= 15 is 0 Å². The zero-order valence-corrected chi connectivity index (χ0v) is 12.9. The molecule has 1 aliphatic rings. The van der Waals surface area contributed by atoms with Gasteiger partial charge < -0.3 is 9.67 Å². The van der Waals surface area contributed by atoms with Crippen molar-refractivity contribution in [3.05, 3.63) is 46.5 Å². The first-order chi connectivity index (χ1) is 10.0. The quantitative estimate of drug-likeness (QED) is 0.934. The monoisotopic (exact) mass is 286 g/mol. The molecule has 1 aromatic carbocycles. The summed E-state index contributed by atoms with van der Waals surface area (Å²) in [4.78, 5) is 2.24. The first kappa shape index (κ1) is 14.2. The highest BCUT2D eigenvalue weighted by Crippen LogP contribution is 2.20. The lowest BCUT2D eigenvalue weighted by Gasteiger charge is -2.29. The van der Waals surface area contributed by atoms with Gasteiger partial charge in [0.1, 0.15) is 11.6 Å².